The highest BCUT2D eigenvalue weighted by Gasteiger charge is 2.21. The molecule has 0 radical (unpaired) electrons. The number of hydrogen-bond acceptors (Lipinski definition) is 1. The van der Waals surface area contributed by atoms with Gasteiger partial charge in [0.1, 0.15) is 0 Å². The van der Waals surface area contributed by atoms with Crippen molar-refractivity contribution in [3.63, 3.8) is 0 Å². The van der Waals surface area contributed by atoms with E-state index < -0.39 is 0 Å². The van der Waals surface area contributed by atoms with Crippen LogP contribution < -0.4 is 0 Å². The predicted octanol–water partition coefficient (Wildman–Crippen LogP) is 2.83. The number of nitrogens with zero attached hydrogens (tertiary/aromatic N) is 1. The second-order valence-corrected chi connectivity index (χ2v) is 4.36. The lowest BCUT2D eigenvalue weighted by molar-refractivity contribution is -0.133. The molecule has 0 bridgehead atoms. The lowest BCUT2D eigenvalue weighted by Gasteiger charge is -2.32. The summed E-state index contributed by atoms with van der Waals surface area (Å²) in [6.45, 7) is 6.38. The van der Waals surface area contributed by atoms with Crippen LogP contribution in [0.3, 0.4) is 0 Å². The molecule has 1 atom stereocenters. The number of piperidine rings is 1. The van der Waals surface area contributed by atoms with Crippen LogP contribution >= 0.6 is 0 Å². The van der Waals surface area contributed by atoms with Crippen LogP contribution in [0.5, 0.6) is 0 Å². The van der Waals surface area contributed by atoms with E-state index in [1.54, 1.807) is 0 Å². The molecule has 1 saturated heterocycles. The molecule has 0 saturated carbocycles. The van der Waals surface area contributed by atoms with Gasteiger partial charge in [-0.05, 0) is 25.2 Å². The summed E-state index contributed by atoms with van der Waals surface area (Å²) in [6, 6.07) is 0. The first kappa shape index (κ1) is 11.5. The van der Waals surface area contributed by atoms with E-state index in [1.807, 2.05) is 0 Å². The number of amides is 1. The van der Waals surface area contributed by atoms with Gasteiger partial charge in [0.2, 0.25) is 5.91 Å². The van der Waals surface area contributed by atoms with Crippen molar-refractivity contribution in [3.8, 4) is 0 Å². The molecule has 0 aromatic rings. The van der Waals surface area contributed by atoms with Crippen molar-refractivity contribution >= 4 is 5.91 Å². The zero-order valence-corrected chi connectivity index (χ0v) is 9.59. The fourth-order valence-corrected chi connectivity index (χ4v) is 2.11. The van der Waals surface area contributed by atoms with Gasteiger partial charge >= 0.3 is 0 Å². The molecule has 1 amide bonds. The topological polar surface area (TPSA) is 20.3 Å². The number of hydrogen-bond donors (Lipinski definition) is 0. The highest BCUT2D eigenvalue weighted by molar-refractivity contribution is 5.76. The van der Waals surface area contributed by atoms with E-state index in [0.717, 1.165) is 38.3 Å². The summed E-state index contributed by atoms with van der Waals surface area (Å²) in [5, 5.41) is 0. The van der Waals surface area contributed by atoms with Gasteiger partial charge in [-0.15, -0.1) is 0 Å². The average Bonchev–Trinajstić information content (AvgIpc) is 2.26. The van der Waals surface area contributed by atoms with Crippen molar-refractivity contribution in [2.24, 2.45) is 5.92 Å². The van der Waals surface area contributed by atoms with Crippen LogP contribution in [0.25, 0.3) is 0 Å². The molecule has 1 aliphatic rings. The van der Waals surface area contributed by atoms with Gasteiger partial charge in [0.15, 0.2) is 0 Å². The van der Waals surface area contributed by atoms with Crippen LogP contribution in [0.1, 0.15) is 52.4 Å². The predicted molar refractivity (Wildman–Crippen MR) is 59.1 cm³/mol. The summed E-state index contributed by atoms with van der Waals surface area (Å²) >= 11 is 0. The molecule has 1 aliphatic heterocycles. The summed E-state index contributed by atoms with van der Waals surface area (Å²) in [7, 11) is 0. The molecule has 1 rings (SSSR count). The molecular weight excluding hydrogens is 174 g/mol. The van der Waals surface area contributed by atoms with Gasteiger partial charge in [0.05, 0.1) is 0 Å². The Balaban J connectivity index is 2.31. The Bertz CT molecular complexity index is 179. The minimum Gasteiger partial charge on any atom is -0.342 e. The second-order valence-electron chi connectivity index (χ2n) is 4.36. The van der Waals surface area contributed by atoms with Crippen molar-refractivity contribution in [2.75, 3.05) is 13.1 Å². The standard InChI is InChI=1S/C12H23NO/c1-3-5-8-12(14)13-9-6-7-11(4-2)10-13/h11H,3-10H2,1-2H3. The minimum absolute atomic E-state index is 0.380. The number of likely N-dealkylation sites (tertiary alicyclic amines) is 1. The third kappa shape index (κ3) is 3.32. The van der Waals surface area contributed by atoms with Gasteiger partial charge in [-0.3, -0.25) is 4.79 Å². The summed E-state index contributed by atoms with van der Waals surface area (Å²) in [4.78, 5) is 13.8. The van der Waals surface area contributed by atoms with Crippen LogP contribution in [0.15, 0.2) is 0 Å². The molecule has 0 aromatic heterocycles. The first-order valence-corrected chi connectivity index (χ1v) is 6.05. The van der Waals surface area contributed by atoms with E-state index in [4.69, 9.17) is 0 Å². The van der Waals surface area contributed by atoms with E-state index >= 15 is 0 Å². The Kier molecular flexibility index (Phi) is 4.99. The highest BCUT2D eigenvalue weighted by Crippen LogP contribution is 2.19. The maximum atomic E-state index is 11.7. The Morgan fingerprint density at radius 1 is 1.43 bits per heavy atom. The molecular formula is C12H23NO. The van der Waals surface area contributed by atoms with E-state index in [9.17, 15) is 4.79 Å². The molecule has 2 nitrogen and oxygen atoms in total. The Labute approximate surface area is 87.7 Å². The molecule has 1 heterocycles. The largest absolute Gasteiger partial charge is 0.342 e. The number of rotatable bonds is 4. The summed E-state index contributed by atoms with van der Waals surface area (Å²) in [6.07, 6.45) is 6.66. The van der Waals surface area contributed by atoms with Crippen LogP contribution in [-0.2, 0) is 4.79 Å². The fourth-order valence-electron chi connectivity index (χ4n) is 2.11. The molecule has 0 spiro atoms. The Hall–Kier alpha value is -0.530. The molecule has 0 aliphatic carbocycles. The first-order chi connectivity index (χ1) is 6.77. The van der Waals surface area contributed by atoms with Crippen LogP contribution in [-0.4, -0.2) is 23.9 Å². The zero-order chi connectivity index (χ0) is 10.4. The Morgan fingerprint density at radius 3 is 2.86 bits per heavy atom. The average molecular weight is 197 g/mol. The number of carbonyl (C=O) groups is 1. The van der Waals surface area contributed by atoms with Crippen LogP contribution in [0.4, 0.5) is 0 Å². The van der Waals surface area contributed by atoms with Gasteiger partial charge in [-0.1, -0.05) is 26.7 Å². The molecule has 1 unspecified atom stereocenters. The monoisotopic (exact) mass is 197 g/mol. The van der Waals surface area contributed by atoms with Crippen molar-refractivity contribution < 1.29 is 4.79 Å². The van der Waals surface area contributed by atoms with E-state index in [0.29, 0.717) is 5.91 Å². The molecule has 0 aromatic carbocycles. The second kappa shape index (κ2) is 6.05. The smallest absolute Gasteiger partial charge is 0.222 e. The van der Waals surface area contributed by atoms with Gasteiger partial charge in [-0.2, -0.15) is 0 Å². The number of unbranched alkanes of at least 4 members (excludes halogenated alkanes) is 1. The maximum absolute atomic E-state index is 11.7. The van der Waals surface area contributed by atoms with E-state index in [-0.39, 0.29) is 0 Å². The molecule has 2 heteroatoms. The van der Waals surface area contributed by atoms with Gasteiger partial charge in [-0.25, -0.2) is 0 Å². The normalized spacial score (nSPS) is 22.4. The molecule has 1 fully saturated rings. The third-order valence-corrected chi connectivity index (χ3v) is 3.19. The quantitative estimate of drug-likeness (QED) is 0.678. The van der Waals surface area contributed by atoms with E-state index in [2.05, 4.69) is 18.7 Å². The van der Waals surface area contributed by atoms with E-state index in [1.165, 1.54) is 19.3 Å². The summed E-state index contributed by atoms with van der Waals surface area (Å²) in [5.41, 5.74) is 0. The molecule has 14 heavy (non-hydrogen) atoms. The van der Waals surface area contributed by atoms with Gasteiger partial charge < -0.3 is 4.90 Å². The maximum Gasteiger partial charge on any atom is 0.222 e. The third-order valence-electron chi connectivity index (χ3n) is 3.19. The SMILES string of the molecule is CCCCC(=O)N1CCCC(CC)C1. The van der Waals surface area contributed by atoms with Crippen molar-refractivity contribution in [3.05, 3.63) is 0 Å². The Morgan fingerprint density at radius 2 is 2.21 bits per heavy atom. The lowest BCUT2D eigenvalue weighted by atomic mass is 9.95. The van der Waals surface area contributed by atoms with Gasteiger partial charge in [0, 0.05) is 19.5 Å². The summed E-state index contributed by atoms with van der Waals surface area (Å²) < 4.78 is 0. The van der Waals surface area contributed by atoms with Crippen molar-refractivity contribution in [1.29, 1.82) is 0 Å². The van der Waals surface area contributed by atoms with Crippen molar-refractivity contribution in [2.45, 2.75) is 52.4 Å². The lowest BCUT2D eigenvalue weighted by Crippen LogP contribution is -2.39. The van der Waals surface area contributed by atoms with Gasteiger partial charge in [0.25, 0.3) is 0 Å². The van der Waals surface area contributed by atoms with Crippen LogP contribution in [0.2, 0.25) is 0 Å². The minimum atomic E-state index is 0.380. The first-order valence-electron chi connectivity index (χ1n) is 6.05. The fraction of sp³-hybridized carbons (Fsp3) is 0.917. The highest BCUT2D eigenvalue weighted by atomic mass is 16.2. The zero-order valence-electron chi connectivity index (χ0n) is 9.59. The molecule has 0 N–H and O–H groups in total. The van der Waals surface area contributed by atoms with Crippen LogP contribution in [0, 0.1) is 5.92 Å². The molecule has 82 valence electrons. The van der Waals surface area contributed by atoms with Crippen molar-refractivity contribution in [1.82, 2.24) is 4.90 Å². The summed E-state index contributed by atoms with van der Waals surface area (Å²) in [5.74, 6) is 1.14. The number of carbonyl (C=O) groups excluding carboxylic acids is 1.